The Kier molecular flexibility index (Phi) is 3.13. The summed E-state index contributed by atoms with van der Waals surface area (Å²) >= 11 is 0. The van der Waals surface area contributed by atoms with Gasteiger partial charge in [0, 0.05) is 24.5 Å². The van der Waals surface area contributed by atoms with Crippen LogP contribution >= 0.6 is 0 Å². The van der Waals surface area contributed by atoms with E-state index in [0.717, 1.165) is 30.8 Å². The van der Waals surface area contributed by atoms with Gasteiger partial charge in [0.2, 0.25) is 0 Å². The molecule has 0 saturated heterocycles. The van der Waals surface area contributed by atoms with Crippen LogP contribution < -0.4 is 10.6 Å². The average molecular weight is 254 g/mol. The number of anilines is 2. The number of rotatable bonds is 3. The SMILES string of the molecule is Nc1ccc2c(c1)N(Cc1ccc(CO)cc1)CC2. The molecule has 2 aromatic carbocycles. The first-order valence-electron chi connectivity index (χ1n) is 6.58. The molecule has 3 nitrogen and oxygen atoms in total. The minimum atomic E-state index is 0.101. The molecule has 1 aliphatic rings. The van der Waals surface area contributed by atoms with E-state index in [1.54, 1.807) is 0 Å². The molecule has 19 heavy (non-hydrogen) atoms. The number of hydrogen-bond acceptors (Lipinski definition) is 3. The van der Waals surface area contributed by atoms with E-state index in [2.05, 4.69) is 29.2 Å². The van der Waals surface area contributed by atoms with Crippen LogP contribution in [0.2, 0.25) is 0 Å². The van der Waals surface area contributed by atoms with E-state index in [9.17, 15) is 0 Å². The van der Waals surface area contributed by atoms with Gasteiger partial charge in [0.1, 0.15) is 0 Å². The van der Waals surface area contributed by atoms with E-state index in [4.69, 9.17) is 10.8 Å². The number of aliphatic hydroxyl groups is 1. The molecule has 0 atom stereocenters. The lowest BCUT2D eigenvalue weighted by atomic mass is 10.1. The van der Waals surface area contributed by atoms with Gasteiger partial charge in [-0.2, -0.15) is 0 Å². The van der Waals surface area contributed by atoms with Gasteiger partial charge in [0.15, 0.2) is 0 Å². The Morgan fingerprint density at radius 1 is 1.05 bits per heavy atom. The second-order valence-electron chi connectivity index (χ2n) is 5.03. The Hall–Kier alpha value is -2.00. The largest absolute Gasteiger partial charge is 0.399 e. The summed E-state index contributed by atoms with van der Waals surface area (Å²) in [6.07, 6.45) is 1.09. The van der Waals surface area contributed by atoms with E-state index in [1.165, 1.54) is 16.8 Å². The average Bonchev–Trinajstić information content (AvgIpc) is 2.82. The van der Waals surface area contributed by atoms with Crippen LogP contribution in [-0.4, -0.2) is 11.7 Å². The fraction of sp³-hybridized carbons (Fsp3) is 0.250. The molecule has 3 heteroatoms. The Morgan fingerprint density at radius 3 is 2.53 bits per heavy atom. The van der Waals surface area contributed by atoms with Crippen LogP contribution in [0.3, 0.4) is 0 Å². The predicted octanol–water partition coefficient (Wildman–Crippen LogP) is 2.32. The molecule has 0 unspecified atom stereocenters. The quantitative estimate of drug-likeness (QED) is 0.826. The molecule has 0 bridgehead atoms. The summed E-state index contributed by atoms with van der Waals surface area (Å²) in [7, 11) is 0. The molecular weight excluding hydrogens is 236 g/mol. The van der Waals surface area contributed by atoms with Crippen molar-refractivity contribution in [1.29, 1.82) is 0 Å². The number of fused-ring (bicyclic) bond motifs is 1. The smallest absolute Gasteiger partial charge is 0.0681 e. The van der Waals surface area contributed by atoms with Gasteiger partial charge in [-0.1, -0.05) is 30.3 Å². The van der Waals surface area contributed by atoms with Crippen molar-refractivity contribution in [3.05, 3.63) is 59.2 Å². The van der Waals surface area contributed by atoms with Gasteiger partial charge in [-0.15, -0.1) is 0 Å². The second-order valence-corrected chi connectivity index (χ2v) is 5.03. The second kappa shape index (κ2) is 4.94. The highest BCUT2D eigenvalue weighted by Gasteiger charge is 2.18. The summed E-state index contributed by atoms with van der Waals surface area (Å²) in [6.45, 7) is 2.03. The number of nitrogen functional groups attached to an aromatic ring is 1. The molecule has 1 heterocycles. The summed E-state index contributed by atoms with van der Waals surface area (Å²) in [5.74, 6) is 0. The zero-order valence-electron chi connectivity index (χ0n) is 10.8. The molecule has 3 rings (SSSR count). The maximum Gasteiger partial charge on any atom is 0.0681 e. The normalized spacial score (nSPS) is 13.6. The van der Waals surface area contributed by atoms with Crippen LogP contribution in [0, 0.1) is 0 Å². The predicted molar refractivity (Wildman–Crippen MR) is 78.0 cm³/mol. The van der Waals surface area contributed by atoms with Crippen molar-refractivity contribution in [1.82, 2.24) is 0 Å². The molecule has 2 aromatic rings. The molecule has 0 aromatic heterocycles. The maximum absolute atomic E-state index is 9.05. The van der Waals surface area contributed by atoms with Crippen LogP contribution in [0.5, 0.6) is 0 Å². The molecule has 0 radical (unpaired) electrons. The highest BCUT2D eigenvalue weighted by molar-refractivity contribution is 5.64. The lowest BCUT2D eigenvalue weighted by Gasteiger charge is -2.20. The van der Waals surface area contributed by atoms with Gasteiger partial charge in [-0.25, -0.2) is 0 Å². The molecule has 3 N–H and O–H groups in total. The maximum atomic E-state index is 9.05. The zero-order chi connectivity index (χ0) is 13.2. The van der Waals surface area contributed by atoms with E-state index in [1.807, 2.05) is 18.2 Å². The summed E-state index contributed by atoms with van der Waals surface area (Å²) < 4.78 is 0. The molecular formula is C16H18N2O. The summed E-state index contributed by atoms with van der Waals surface area (Å²) in [5.41, 5.74) is 11.5. The van der Waals surface area contributed by atoms with Gasteiger partial charge in [0.25, 0.3) is 0 Å². The van der Waals surface area contributed by atoms with Crippen molar-refractivity contribution in [2.45, 2.75) is 19.6 Å². The van der Waals surface area contributed by atoms with Gasteiger partial charge in [0.05, 0.1) is 6.61 Å². The fourth-order valence-corrected chi connectivity index (χ4v) is 2.60. The fourth-order valence-electron chi connectivity index (χ4n) is 2.60. The number of hydrogen-bond donors (Lipinski definition) is 2. The summed E-state index contributed by atoms with van der Waals surface area (Å²) in [4.78, 5) is 2.36. The van der Waals surface area contributed by atoms with Crippen LogP contribution in [0.15, 0.2) is 42.5 Å². The Labute approximate surface area is 113 Å². The highest BCUT2D eigenvalue weighted by Crippen LogP contribution is 2.31. The number of nitrogens with two attached hydrogens (primary N) is 1. The number of aliphatic hydroxyl groups excluding tert-OH is 1. The van der Waals surface area contributed by atoms with Crippen molar-refractivity contribution in [3.63, 3.8) is 0 Å². The van der Waals surface area contributed by atoms with E-state index in [0.29, 0.717) is 0 Å². The van der Waals surface area contributed by atoms with Crippen LogP contribution in [0.1, 0.15) is 16.7 Å². The molecule has 0 saturated carbocycles. The van der Waals surface area contributed by atoms with Crippen molar-refractivity contribution in [2.24, 2.45) is 0 Å². The third kappa shape index (κ3) is 2.42. The van der Waals surface area contributed by atoms with Crippen molar-refractivity contribution < 1.29 is 5.11 Å². The standard InChI is InChI=1S/C16H18N2O/c17-15-6-5-14-7-8-18(16(14)9-15)10-12-1-3-13(11-19)4-2-12/h1-6,9,19H,7-8,10-11,17H2. The zero-order valence-corrected chi connectivity index (χ0v) is 10.8. The Balaban J connectivity index is 1.80. The summed E-state index contributed by atoms with van der Waals surface area (Å²) in [5, 5.41) is 9.05. The summed E-state index contributed by atoms with van der Waals surface area (Å²) in [6, 6.07) is 14.3. The van der Waals surface area contributed by atoms with Gasteiger partial charge in [-0.05, 0) is 35.2 Å². The third-order valence-corrected chi connectivity index (χ3v) is 3.68. The van der Waals surface area contributed by atoms with Gasteiger partial charge in [-0.3, -0.25) is 0 Å². The first-order valence-corrected chi connectivity index (χ1v) is 6.58. The van der Waals surface area contributed by atoms with Gasteiger partial charge >= 0.3 is 0 Å². The third-order valence-electron chi connectivity index (χ3n) is 3.68. The lowest BCUT2D eigenvalue weighted by molar-refractivity contribution is 0.282. The topological polar surface area (TPSA) is 49.5 Å². The van der Waals surface area contributed by atoms with Crippen LogP contribution in [-0.2, 0) is 19.6 Å². The first kappa shape index (κ1) is 12.1. The molecule has 1 aliphatic heterocycles. The molecule has 0 spiro atoms. The van der Waals surface area contributed by atoms with Gasteiger partial charge < -0.3 is 15.7 Å². The van der Waals surface area contributed by atoms with Crippen molar-refractivity contribution in [2.75, 3.05) is 17.2 Å². The van der Waals surface area contributed by atoms with E-state index in [-0.39, 0.29) is 6.61 Å². The number of nitrogens with zero attached hydrogens (tertiary/aromatic N) is 1. The molecule has 0 fully saturated rings. The van der Waals surface area contributed by atoms with E-state index >= 15 is 0 Å². The minimum Gasteiger partial charge on any atom is -0.399 e. The lowest BCUT2D eigenvalue weighted by Crippen LogP contribution is -2.19. The Morgan fingerprint density at radius 2 is 1.79 bits per heavy atom. The molecule has 0 aliphatic carbocycles. The van der Waals surface area contributed by atoms with Crippen LogP contribution in [0.25, 0.3) is 0 Å². The minimum absolute atomic E-state index is 0.101. The highest BCUT2D eigenvalue weighted by atomic mass is 16.3. The van der Waals surface area contributed by atoms with Crippen molar-refractivity contribution >= 4 is 11.4 Å². The first-order chi connectivity index (χ1) is 9.26. The number of benzene rings is 2. The monoisotopic (exact) mass is 254 g/mol. The van der Waals surface area contributed by atoms with E-state index < -0.39 is 0 Å². The Bertz CT molecular complexity index is 578. The van der Waals surface area contributed by atoms with Crippen LogP contribution in [0.4, 0.5) is 11.4 Å². The van der Waals surface area contributed by atoms with Crippen molar-refractivity contribution in [3.8, 4) is 0 Å². The molecule has 98 valence electrons. The molecule has 0 amide bonds.